The lowest BCUT2D eigenvalue weighted by Crippen LogP contribution is -2.43. The lowest BCUT2D eigenvalue weighted by molar-refractivity contribution is 0.0608. The highest BCUT2D eigenvalue weighted by atomic mass is 16.2. The van der Waals surface area contributed by atoms with Crippen molar-refractivity contribution in [2.75, 3.05) is 6.54 Å². The van der Waals surface area contributed by atoms with Crippen molar-refractivity contribution in [2.24, 2.45) is 0 Å². The molecule has 2 aromatic rings. The van der Waals surface area contributed by atoms with Gasteiger partial charge >= 0.3 is 0 Å². The van der Waals surface area contributed by atoms with E-state index in [2.05, 4.69) is 24.0 Å². The second-order valence-corrected chi connectivity index (χ2v) is 6.00. The summed E-state index contributed by atoms with van der Waals surface area (Å²) in [6.45, 7) is 3.08. The first kappa shape index (κ1) is 14.8. The van der Waals surface area contributed by atoms with Crippen LogP contribution in [0, 0.1) is 0 Å². The molecule has 0 aromatic heterocycles. The summed E-state index contributed by atoms with van der Waals surface area (Å²) in [6, 6.07) is 18.7. The van der Waals surface area contributed by atoms with Crippen molar-refractivity contribution in [2.45, 2.75) is 38.6 Å². The molecule has 3 rings (SSSR count). The second-order valence-electron chi connectivity index (χ2n) is 6.00. The van der Waals surface area contributed by atoms with E-state index in [1.54, 1.807) is 0 Å². The third-order valence-corrected chi connectivity index (χ3v) is 4.60. The van der Waals surface area contributed by atoms with Crippen LogP contribution in [0.4, 0.5) is 0 Å². The monoisotopic (exact) mass is 293 g/mol. The van der Waals surface area contributed by atoms with Gasteiger partial charge in [-0.3, -0.25) is 4.79 Å². The van der Waals surface area contributed by atoms with Gasteiger partial charge in [-0.15, -0.1) is 0 Å². The maximum Gasteiger partial charge on any atom is 0.254 e. The zero-order valence-electron chi connectivity index (χ0n) is 13.2. The summed E-state index contributed by atoms with van der Waals surface area (Å²) in [4.78, 5) is 14.8. The van der Waals surface area contributed by atoms with Crippen molar-refractivity contribution < 1.29 is 4.79 Å². The van der Waals surface area contributed by atoms with Gasteiger partial charge in [0.2, 0.25) is 0 Å². The molecule has 1 heterocycles. The van der Waals surface area contributed by atoms with Gasteiger partial charge in [-0.1, -0.05) is 49.4 Å². The molecule has 2 aromatic carbocycles. The first-order chi connectivity index (χ1) is 10.8. The molecule has 1 saturated heterocycles. The lowest BCUT2D eigenvalue weighted by Gasteiger charge is -2.35. The van der Waals surface area contributed by atoms with E-state index in [0.29, 0.717) is 6.04 Å². The maximum atomic E-state index is 12.7. The van der Waals surface area contributed by atoms with E-state index in [1.165, 1.54) is 12.0 Å². The fourth-order valence-corrected chi connectivity index (χ4v) is 3.29. The largest absolute Gasteiger partial charge is 0.336 e. The van der Waals surface area contributed by atoms with Crippen LogP contribution >= 0.6 is 0 Å². The number of hydrogen-bond acceptors (Lipinski definition) is 1. The number of rotatable bonds is 3. The molecule has 1 atom stereocenters. The van der Waals surface area contributed by atoms with Gasteiger partial charge in [0.15, 0.2) is 0 Å². The third-order valence-electron chi connectivity index (χ3n) is 4.60. The predicted octanol–water partition coefficient (Wildman–Crippen LogP) is 4.76. The summed E-state index contributed by atoms with van der Waals surface area (Å²) in [7, 11) is 0. The molecular weight excluding hydrogens is 270 g/mol. The minimum atomic E-state index is 0.186. The number of carbonyl (C=O) groups is 1. The highest BCUT2D eigenvalue weighted by molar-refractivity contribution is 5.95. The summed E-state index contributed by atoms with van der Waals surface area (Å²) in [6.07, 6.45) is 4.57. The summed E-state index contributed by atoms with van der Waals surface area (Å²) in [5.74, 6) is 0.186. The Bertz CT molecular complexity index is 618. The van der Waals surface area contributed by atoms with Gasteiger partial charge in [-0.2, -0.15) is 0 Å². The van der Waals surface area contributed by atoms with Gasteiger partial charge < -0.3 is 4.90 Å². The Labute approximate surface area is 132 Å². The average Bonchev–Trinajstić information content (AvgIpc) is 2.62. The van der Waals surface area contributed by atoms with Crippen LogP contribution in [-0.2, 0) is 0 Å². The van der Waals surface area contributed by atoms with E-state index in [1.807, 2.05) is 42.5 Å². The molecule has 1 aliphatic heterocycles. The number of likely N-dealkylation sites (tertiary alicyclic amines) is 1. The molecule has 0 saturated carbocycles. The minimum Gasteiger partial charge on any atom is -0.336 e. The predicted molar refractivity (Wildman–Crippen MR) is 90.8 cm³/mol. The van der Waals surface area contributed by atoms with Crippen LogP contribution in [0.1, 0.15) is 43.0 Å². The van der Waals surface area contributed by atoms with Crippen molar-refractivity contribution in [3.05, 3.63) is 60.2 Å². The summed E-state index contributed by atoms with van der Waals surface area (Å²) >= 11 is 0. The first-order valence-electron chi connectivity index (χ1n) is 8.26. The molecule has 2 heteroatoms. The first-order valence-corrected chi connectivity index (χ1v) is 8.26. The highest BCUT2D eigenvalue weighted by Crippen LogP contribution is 2.24. The molecule has 1 fully saturated rings. The molecule has 0 unspecified atom stereocenters. The van der Waals surface area contributed by atoms with E-state index in [0.717, 1.165) is 36.9 Å². The van der Waals surface area contributed by atoms with Crippen molar-refractivity contribution in [1.82, 2.24) is 4.90 Å². The Morgan fingerprint density at radius 2 is 1.68 bits per heavy atom. The van der Waals surface area contributed by atoms with Crippen LogP contribution in [0.3, 0.4) is 0 Å². The quantitative estimate of drug-likeness (QED) is 0.799. The minimum absolute atomic E-state index is 0.186. The highest BCUT2D eigenvalue weighted by Gasteiger charge is 2.25. The lowest BCUT2D eigenvalue weighted by atomic mass is 9.98. The fraction of sp³-hybridized carbons (Fsp3) is 0.350. The van der Waals surface area contributed by atoms with Crippen LogP contribution in [0.15, 0.2) is 54.6 Å². The molecule has 0 aliphatic carbocycles. The second kappa shape index (κ2) is 6.78. The molecule has 1 amide bonds. The van der Waals surface area contributed by atoms with Crippen LogP contribution in [0.5, 0.6) is 0 Å². The van der Waals surface area contributed by atoms with Crippen LogP contribution in [-0.4, -0.2) is 23.4 Å². The van der Waals surface area contributed by atoms with Crippen molar-refractivity contribution in [3.8, 4) is 11.1 Å². The van der Waals surface area contributed by atoms with Gasteiger partial charge in [0.05, 0.1) is 0 Å². The zero-order chi connectivity index (χ0) is 15.4. The van der Waals surface area contributed by atoms with E-state index in [-0.39, 0.29) is 5.91 Å². The van der Waals surface area contributed by atoms with Gasteiger partial charge in [-0.05, 0) is 48.9 Å². The topological polar surface area (TPSA) is 20.3 Å². The van der Waals surface area contributed by atoms with Crippen LogP contribution < -0.4 is 0 Å². The number of benzene rings is 2. The normalized spacial score (nSPS) is 18.2. The molecule has 0 N–H and O–H groups in total. The number of carbonyl (C=O) groups excluding carboxylic acids is 1. The molecule has 0 bridgehead atoms. The Morgan fingerprint density at radius 1 is 1.00 bits per heavy atom. The van der Waals surface area contributed by atoms with Crippen molar-refractivity contribution in [3.63, 3.8) is 0 Å². The number of piperidine rings is 1. The van der Waals surface area contributed by atoms with Crippen LogP contribution in [0.25, 0.3) is 11.1 Å². The number of nitrogens with zero attached hydrogens (tertiary/aromatic N) is 1. The molecule has 22 heavy (non-hydrogen) atoms. The van der Waals surface area contributed by atoms with E-state index in [9.17, 15) is 4.79 Å². The van der Waals surface area contributed by atoms with E-state index >= 15 is 0 Å². The van der Waals surface area contributed by atoms with E-state index in [4.69, 9.17) is 0 Å². The summed E-state index contributed by atoms with van der Waals surface area (Å²) in [5.41, 5.74) is 3.15. The Balaban J connectivity index is 1.79. The molecule has 0 spiro atoms. The van der Waals surface area contributed by atoms with Gasteiger partial charge in [-0.25, -0.2) is 0 Å². The van der Waals surface area contributed by atoms with Gasteiger partial charge in [0.25, 0.3) is 5.91 Å². The number of amides is 1. The molecular formula is C20H23NO. The molecule has 114 valence electrons. The standard InChI is InChI=1S/C20H23NO/c1-2-19-10-6-7-15-21(19)20(22)18-13-11-17(12-14-18)16-8-4-3-5-9-16/h3-5,8-9,11-14,19H,2,6-7,10,15H2,1H3/t19-/m1/s1. The van der Waals surface area contributed by atoms with Gasteiger partial charge in [0.1, 0.15) is 0 Å². The molecule has 1 aliphatic rings. The zero-order valence-corrected chi connectivity index (χ0v) is 13.2. The van der Waals surface area contributed by atoms with Crippen molar-refractivity contribution >= 4 is 5.91 Å². The van der Waals surface area contributed by atoms with Crippen LogP contribution in [0.2, 0.25) is 0 Å². The molecule has 2 nitrogen and oxygen atoms in total. The SMILES string of the molecule is CC[C@@H]1CCCCN1C(=O)c1ccc(-c2ccccc2)cc1. The smallest absolute Gasteiger partial charge is 0.254 e. The van der Waals surface area contributed by atoms with Crippen molar-refractivity contribution in [1.29, 1.82) is 0 Å². The van der Waals surface area contributed by atoms with Gasteiger partial charge in [0, 0.05) is 18.2 Å². The third kappa shape index (κ3) is 3.06. The fourth-order valence-electron chi connectivity index (χ4n) is 3.29. The summed E-state index contributed by atoms with van der Waals surface area (Å²) in [5, 5.41) is 0. The Kier molecular flexibility index (Phi) is 4.57. The average molecular weight is 293 g/mol. The molecule has 0 radical (unpaired) electrons. The summed E-state index contributed by atoms with van der Waals surface area (Å²) < 4.78 is 0. The van der Waals surface area contributed by atoms with E-state index < -0.39 is 0 Å². The number of hydrogen-bond donors (Lipinski definition) is 0. The maximum absolute atomic E-state index is 12.7. The Hall–Kier alpha value is -2.09. The Morgan fingerprint density at radius 3 is 2.36 bits per heavy atom.